The SMILES string of the molecule is [C-]#[N+]c1cc(F)cc(-n2cc(I)cn2)c1. The topological polar surface area (TPSA) is 22.2 Å². The Labute approximate surface area is 99.5 Å². The van der Waals surface area contributed by atoms with Crippen LogP contribution in [-0.4, -0.2) is 9.78 Å². The first-order valence-corrected chi connectivity index (χ1v) is 5.15. The van der Waals surface area contributed by atoms with Crippen LogP contribution >= 0.6 is 22.6 Å². The van der Waals surface area contributed by atoms with Crippen molar-refractivity contribution in [3.8, 4) is 5.69 Å². The maximum atomic E-state index is 13.1. The molecule has 15 heavy (non-hydrogen) atoms. The van der Waals surface area contributed by atoms with Gasteiger partial charge in [0.05, 0.1) is 22.0 Å². The number of halogens is 2. The molecule has 1 heterocycles. The van der Waals surface area contributed by atoms with Crippen molar-refractivity contribution >= 4 is 28.3 Å². The number of nitrogens with zero attached hydrogens (tertiary/aromatic N) is 3. The summed E-state index contributed by atoms with van der Waals surface area (Å²) in [5.41, 5.74) is 0.833. The minimum absolute atomic E-state index is 0.274. The average molecular weight is 313 g/mol. The lowest BCUT2D eigenvalue weighted by Gasteiger charge is -2.01. The van der Waals surface area contributed by atoms with Crippen molar-refractivity contribution in [1.82, 2.24) is 9.78 Å². The van der Waals surface area contributed by atoms with Gasteiger partial charge in [-0.1, -0.05) is 0 Å². The Balaban J connectivity index is 2.54. The quantitative estimate of drug-likeness (QED) is 0.585. The second-order valence-corrected chi connectivity index (χ2v) is 4.13. The molecule has 0 radical (unpaired) electrons. The molecule has 0 atom stereocenters. The Bertz CT molecular complexity index is 542. The predicted molar refractivity (Wildman–Crippen MR) is 62.5 cm³/mol. The second-order valence-electron chi connectivity index (χ2n) is 2.88. The van der Waals surface area contributed by atoms with E-state index < -0.39 is 5.82 Å². The van der Waals surface area contributed by atoms with Crippen LogP contribution < -0.4 is 0 Å². The van der Waals surface area contributed by atoms with Crippen LogP contribution in [0.25, 0.3) is 10.5 Å². The van der Waals surface area contributed by atoms with Crippen LogP contribution in [0, 0.1) is 16.0 Å². The molecule has 0 bridgehead atoms. The van der Waals surface area contributed by atoms with Crippen molar-refractivity contribution in [2.45, 2.75) is 0 Å². The molecule has 0 saturated heterocycles. The smallest absolute Gasteiger partial charge is 0.192 e. The molecule has 2 aromatic rings. The lowest BCUT2D eigenvalue weighted by atomic mass is 10.3. The van der Waals surface area contributed by atoms with Crippen molar-refractivity contribution in [3.63, 3.8) is 0 Å². The maximum Gasteiger partial charge on any atom is 0.192 e. The summed E-state index contributed by atoms with van der Waals surface area (Å²) in [6.07, 6.45) is 3.44. The van der Waals surface area contributed by atoms with E-state index in [1.807, 2.05) is 0 Å². The zero-order chi connectivity index (χ0) is 10.8. The van der Waals surface area contributed by atoms with Crippen molar-refractivity contribution < 1.29 is 4.39 Å². The first-order valence-electron chi connectivity index (χ1n) is 4.07. The van der Waals surface area contributed by atoms with Crippen LogP contribution in [0.2, 0.25) is 0 Å². The van der Waals surface area contributed by atoms with Crippen molar-refractivity contribution in [2.24, 2.45) is 0 Å². The highest BCUT2D eigenvalue weighted by Crippen LogP contribution is 2.19. The van der Waals surface area contributed by atoms with Crippen LogP contribution in [0.5, 0.6) is 0 Å². The summed E-state index contributed by atoms with van der Waals surface area (Å²) < 4.78 is 15.6. The maximum absolute atomic E-state index is 13.1. The number of hydrogen-bond acceptors (Lipinski definition) is 1. The normalized spacial score (nSPS) is 9.93. The van der Waals surface area contributed by atoms with E-state index in [9.17, 15) is 4.39 Å². The zero-order valence-electron chi connectivity index (χ0n) is 7.48. The van der Waals surface area contributed by atoms with Crippen LogP contribution in [0.15, 0.2) is 30.6 Å². The Kier molecular flexibility index (Phi) is 2.68. The molecule has 1 aromatic carbocycles. The average Bonchev–Trinajstić information content (AvgIpc) is 2.64. The summed E-state index contributed by atoms with van der Waals surface area (Å²) in [4.78, 5) is 3.19. The molecule has 0 aliphatic carbocycles. The molecular formula is C10H5FIN3. The van der Waals surface area contributed by atoms with E-state index in [1.165, 1.54) is 12.1 Å². The van der Waals surface area contributed by atoms with Crippen LogP contribution in [0.1, 0.15) is 0 Å². The zero-order valence-corrected chi connectivity index (χ0v) is 9.64. The molecule has 74 valence electrons. The fourth-order valence-electron chi connectivity index (χ4n) is 1.20. The first-order chi connectivity index (χ1) is 7.19. The van der Waals surface area contributed by atoms with Crippen molar-refractivity contribution in [3.05, 3.63) is 51.4 Å². The molecule has 1 aromatic heterocycles. The summed E-state index contributed by atoms with van der Waals surface area (Å²) in [6, 6.07) is 4.14. The fourth-order valence-corrected chi connectivity index (χ4v) is 1.59. The fraction of sp³-hybridized carbons (Fsp3) is 0. The highest BCUT2D eigenvalue weighted by molar-refractivity contribution is 14.1. The molecule has 2 rings (SSSR count). The third-order valence-electron chi connectivity index (χ3n) is 1.81. The largest absolute Gasteiger partial charge is 0.241 e. The third kappa shape index (κ3) is 2.15. The van der Waals surface area contributed by atoms with Crippen molar-refractivity contribution in [2.75, 3.05) is 0 Å². The van der Waals surface area contributed by atoms with Crippen molar-refractivity contribution in [1.29, 1.82) is 0 Å². The summed E-state index contributed by atoms with van der Waals surface area (Å²) in [5.74, 6) is -0.427. The van der Waals surface area contributed by atoms with Gasteiger partial charge in [0.15, 0.2) is 5.69 Å². The van der Waals surface area contributed by atoms with E-state index in [2.05, 4.69) is 32.5 Å². The van der Waals surface area contributed by atoms with Crippen LogP contribution in [0.3, 0.4) is 0 Å². The number of aromatic nitrogens is 2. The van der Waals surface area contributed by atoms with E-state index in [1.54, 1.807) is 23.1 Å². The molecule has 0 amide bonds. The van der Waals surface area contributed by atoms with Gasteiger partial charge in [0, 0.05) is 6.20 Å². The Hall–Kier alpha value is -1.42. The van der Waals surface area contributed by atoms with Gasteiger partial charge >= 0.3 is 0 Å². The van der Waals surface area contributed by atoms with Gasteiger partial charge in [0.25, 0.3) is 0 Å². The van der Waals surface area contributed by atoms with Gasteiger partial charge in [-0.2, -0.15) is 5.10 Å². The van der Waals surface area contributed by atoms with E-state index in [4.69, 9.17) is 6.57 Å². The van der Waals surface area contributed by atoms with Gasteiger partial charge in [-0.05, 0) is 40.8 Å². The molecule has 0 unspecified atom stereocenters. The standard InChI is InChI=1S/C10H5FIN3/c1-13-9-2-7(11)3-10(4-9)15-6-8(12)5-14-15/h2-6H. The van der Waals surface area contributed by atoms with Gasteiger partial charge in [0.1, 0.15) is 5.82 Å². The van der Waals surface area contributed by atoms with Crippen LogP contribution in [0.4, 0.5) is 10.1 Å². The highest BCUT2D eigenvalue weighted by atomic mass is 127. The Morgan fingerprint density at radius 1 is 1.40 bits per heavy atom. The number of rotatable bonds is 1. The number of benzene rings is 1. The minimum Gasteiger partial charge on any atom is -0.241 e. The minimum atomic E-state index is -0.427. The molecule has 0 aliphatic heterocycles. The second kappa shape index (κ2) is 3.98. The molecule has 0 fully saturated rings. The summed E-state index contributed by atoms with van der Waals surface area (Å²) in [7, 11) is 0. The number of hydrogen-bond donors (Lipinski definition) is 0. The van der Waals surface area contributed by atoms with Gasteiger partial charge in [0.2, 0.25) is 0 Å². The Morgan fingerprint density at radius 3 is 2.80 bits per heavy atom. The third-order valence-corrected chi connectivity index (χ3v) is 2.37. The monoisotopic (exact) mass is 313 g/mol. The lowest BCUT2D eigenvalue weighted by Crippen LogP contribution is -1.94. The summed E-state index contributed by atoms with van der Waals surface area (Å²) in [5, 5.41) is 4.04. The predicted octanol–water partition coefficient (Wildman–Crippen LogP) is 3.17. The molecule has 5 heteroatoms. The Morgan fingerprint density at radius 2 is 2.20 bits per heavy atom. The van der Waals surface area contributed by atoms with Gasteiger partial charge in [-0.25, -0.2) is 13.9 Å². The summed E-state index contributed by atoms with van der Waals surface area (Å²) >= 11 is 2.12. The molecule has 0 aliphatic rings. The van der Waals surface area contributed by atoms with Gasteiger partial charge < -0.3 is 0 Å². The van der Waals surface area contributed by atoms with E-state index >= 15 is 0 Å². The molecule has 3 nitrogen and oxygen atoms in total. The lowest BCUT2D eigenvalue weighted by molar-refractivity contribution is 0.626. The highest BCUT2D eigenvalue weighted by Gasteiger charge is 2.03. The van der Waals surface area contributed by atoms with Crippen LogP contribution in [-0.2, 0) is 0 Å². The summed E-state index contributed by atoms with van der Waals surface area (Å²) in [6.45, 7) is 6.83. The molecule has 0 N–H and O–H groups in total. The molecule has 0 saturated carbocycles. The molecule has 0 spiro atoms. The first kappa shape index (κ1) is 10.1. The van der Waals surface area contributed by atoms with Gasteiger partial charge in [-0.15, -0.1) is 0 Å². The van der Waals surface area contributed by atoms with E-state index in [-0.39, 0.29) is 5.69 Å². The van der Waals surface area contributed by atoms with E-state index in [0.717, 1.165) is 3.57 Å². The molecular weight excluding hydrogens is 308 g/mol. The van der Waals surface area contributed by atoms with E-state index in [0.29, 0.717) is 5.69 Å². The van der Waals surface area contributed by atoms with Gasteiger partial charge in [-0.3, -0.25) is 0 Å².